The van der Waals surface area contributed by atoms with Crippen molar-refractivity contribution in [1.82, 2.24) is 0 Å². The fourth-order valence-corrected chi connectivity index (χ4v) is 3.48. The zero-order chi connectivity index (χ0) is 11.7. The summed E-state index contributed by atoms with van der Waals surface area (Å²) >= 11 is 13.6. The Morgan fingerprint density at radius 2 is 2.12 bits per heavy atom. The summed E-state index contributed by atoms with van der Waals surface area (Å²) < 4.78 is 7.78. The molecule has 0 radical (unpaired) electrons. The molecule has 0 bridgehead atoms. The van der Waals surface area contributed by atoms with Crippen molar-refractivity contribution in [2.45, 2.75) is 31.2 Å². The average molecular weight is 368 g/mol. The highest BCUT2D eigenvalue weighted by molar-refractivity contribution is 9.11. The van der Waals surface area contributed by atoms with Gasteiger partial charge in [0.05, 0.1) is 11.5 Å². The van der Waals surface area contributed by atoms with Crippen molar-refractivity contribution >= 4 is 43.5 Å². The van der Waals surface area contributed by atoms with Crippen LogP contribution in [0.4, 0.5) is 0 Å². The molecule has 2 unspecified atom stereocenters. The number of hydrogen-bond donors (Lipinski definition) is 0. The number of halogens is 3. The largest absolute Gasteiger partial charge is 0.376 e. The second kappa shape index (κ2) is 5.38. The maximum absolute atomic E-state index is 6.47. The van der Waals surface area contributed by atoms with Crippen molar-refractivity contribution in [3.63, 3.8) is 0 Å². The Morgan fingerprint density at radius 3 is 2.75 bits per heavy atom. The van der Waals surface area contributed by atoms with Crippen molar-refractivity contribution < 1.29 is 4.74 Å². The van der Waals surface area contributed by atoms with Gasteiger partial charge in [0.2, 0.25) is 0 Å². The van der Waals surface area contributed by atoms with Crippen LogP contribution in [0.2, 0.25) is 0 Å². The summed E-state index contributed by atoms with van der Waals surface area (Å²) in [5, 5.41) is -0.0752. The van der Waals surface area contributed by atoms with E-state index in [1.54, 1.807) is 0 Å². The molecule has 2 rings (SSSR count). The van der Waals surface area contributed by atoms with Crippen LogP contribution < -0.4 is 0 Å². The minimum atomic E-state index is -0.0752. The van der Waals surface area contributed by atoms with Crippen LogP contribution in [0.15, 0.2) is 21.1 Å². The molecule has 88 valence electrons. The summed E-state index contributed by atoms with van der Waals surface area (Å²) in [6, 6.07) is 4.17. The predicted molar refractivity (Wildman–Crippen MR) is 74.1 cm³/mol. The molecule has 0 spiro atoms. The first kappa shape index (κ1) is 12.9. The van der Waals surface area contributed by atoms with Crippen molar-refractivity contribution in [2.75, 3.05) is 6.61 Å². The average Bonchev–Trinajstić information content (AvgIpc) is 2.75. The first-order valence-corrected chi connectivity index (χ1v) is 7.33. The van der Waals surface area contributed by atoms with Crippen LogP contribution in [0.1, 0.15) is 29.3 Å². The maximum Gasteiger partial charge on any atom is 0.0858 e. The Bertz CT molecular complexity index is 389. The lowest BCUT2D eigenvalue weighted by molar-refractivity contribution is 0.107. The van der Waals surface area contributed by atoms with Gasteiger partial charge in [0.25, 0.3) is 0 Å². The first-order valence-electron chi connectivity index (χ1n) is 5.31. The molecule has 1 fully saturated rings. The van der Waals surface area contributed by atoms with E-state index >= 15 is 0 Å². The summed E-state index contributed by atoms with van der Waals surface area (Å²) in [6.07, 6.45) is 2.30. The van der Waals surface area contributed by atoms with Crippen molar-refractivity contribution in [1.29, 1.82) is 0 Å². The van der Waals surface area contributed by atoms with Gasteiger partial charge in [-0.2, -0.15) is 0 Å². The molecule has 0 N–H and O–H groups in total. The molecule has 0 aromatic heterocycles. The predicted octanol–water partition coefficient (Wildman–Crippen LogP) is 4.98. The number of ether oxygens (including phenoxy) is 1. The third kappa shape index (κ3) is 2.63. The minimum Gasteiger partial charge on any atom is -0.376 e. The molecule has 2 atom stereocenters. The summed E-state index contributed by atoms with van der Waals surface area (Å²) in [5.74, 6) is 0. The highest BCUT2D eigenvalue weighted by atomic mass is 79.9. The van der Waals surface area contributed by atoms with Crippen LogP contribution in [0.25, 0.3) is 0 Å². The molecule has 0 aliphatic carbocycles. The molecule has 1 aliphatic heterocycles. The Labute approximate surface area is 118 Å². The second-order valence-corrected chi connectivity index (χ2v) is 6.26. The number of aryl methyl sites for hydroxylation is 1. The smallest absolute Gasteiger partial charge is 0.0858 e. The maximum atomic E-state index is 6.47. The van der Waals surface area contributed by atoms with E-state index in [1.165, 1.54) is 5.56 Å². The zero-order valence-corrected chi connectivity index (χ0v) is 12.9. The van der Waals surface area contributed by atoms with Crippen LogP contribution in [-0.4, -0.2) is 12.7 Å². The molecule has 0 amide bonds. The van der Waals surface area contributed by atoms with Gasteiger partial charge < -0.3 is 4.74 Å². The third-order valence-electron chi connectivity index (χ3n) is 2.87. The summed E-state index contributed by atoms with van der Waals surface area (Å²) in [7, 11) is 0. The number of rotatable bonds is 2. The standard InChI is InChI=1S/C12H13Br2ClO/c1-7-5-10(14)8(6-9(7)13)12(15)11-3-2-4-16-11/h5-6,11-12H,2-4H2,1H3. The van der Waals surface area contributed by atoms with E-state index in [0.29, 0.717) is 0 Å². The molecule has 1 aliphatic rings. The molecule has 1 aromatic rings. The summed E-state index contributed by atoms with van der Waals surface area (Å²) in [6.45, 7) is 2.90. The van der Waals surface area contributed by atoms with Crippen LogP contribution >= 0.6 is 43.5 Å². The second-order valence-electron chi connectivity index (χ2n) is 4.08. The van der Waals surface area contributed by atoms with Crippen LogP contribution in [-0.2, 0) is 4.74 Å². The first-order chi connectivity index (χ1) is 7.59. The molecule has 1 nitrogen and oxygen atoms in total. The van der Waals surface area contributed by atoms with E-state index < -0.39 is 0 Å². The lowest BCUT2D eigenvalue weighted by atomic mass is 10.0. The quantitative estimate of drug-likeness (QED) is 0.669. The molecule has 4 heteroatoms. The molecule has 0 saturated carbocycles. The summed E-state index contributed by atoms with van der Waals surface area (Å²) in [5.41, 5.74) is 2.30. The Balaban J connectivity index is 2.28. The topological polar surface area (TPSA) is 9.23 Å². The van der Waals surface area contributed by atoms with Crippen molar-refractivity contribution in [3.8, 4) is 0 Å². The Kier molecular flexibility index (Phi) is 4.33. The van der Waals surface area contributed by atoms with Gasteiger partial charge in [0.1, 0.15) is 0 Å². The third-order valence-corrected chi connectivity index (χ3v) is 4.92. The lowest BCUT2D eigenvalue weighted by Crippen LogP contribution is -2.13. The van der Waals surface area contributed by atoms with Gasteiger partial charge in [0, 0.05) is 15.6 Å². The zero-order valence-electron chi connectivity index (χ0n) is 8.97. The highest BCUT2D eigenvalue weighted by Crippen LogP contribution is 2.38. The van der Waals surface area contributed by atoms with E-state index in [2.05, 4.69) is 50.9 Å². The number of hydrogen-bond acceptors (Lipinski definition) is 1. The van der Waals surface area contributed by atoms with Gasteiger partial charge in [-0.25, -0.2) is 0 Å². The number of alkyl halides is 1. The van der Waals surface area contributed by atoms with Gasteiger partial charge in [-0.05, 0) is 43.0 Å². The van der Waals surface area contributed by atoms with Crippen molar-refractivity contribution in [3.05, 3.63) is 32.2 Å². The fourth-order valence-electron chi connectivity index (χ4n) is 1.91. The SMILES string of the molecule is Cc1cc(Br)c(C(Cl)C2CCCO2)cc1Br. The highest BCUT2D eigenvalue weighted by Gasteiger charge is 2.27. The van der Waals surface area contributed by atoms with Crippen molar-refractivity contribution in [2.24, 2.45) is 0 Å². The van der Waals surface area contributed by atoms with Crippen LogP contribution in [0, 0.1) is 6.92 Å². The number of benzene rings is 1. The molecular weight excluding hydrogens is 355 g/mol. The molecule has 1 aromatic carbocycles. The monoisotopic (exact) mass is 366 g/mol. The minimum absolute atomic E-state index is 0.0752. The van der Waals surface area contributed by atoms with Gasteiger partial charge in [-0.1, -0.05) is 31.9 Å². The van der Waals surface area contributed by atoms with E-state index in [0.717, 1.165) is 34.0 Å². The van der Waals surface area contributed by atoms with E-state index in [1.807, 2.05) is 0 Å². The van der Waals surface area contributed by atoms with E-state index in [4.69, 9.17) is 16.3 Å². The lowest BCUT2D eigenvalue weighted by Gasteiger charge is -2.19. The Hall–Kier alpha value is 0.430. The van der Waals surface area contributed by atoms with Crippen LogP contribution in [0.3, 0.4) is 0 Å². The van der Waals surface area contributed by atoms with E-state index in [9.17, 15) is 0 Å². The Morgan fingerprint density at radius 1 is 1.38 bits per heavy atom. The molecular formula is C12H13Br2ClO. The summed E-state index contributed by atoms with van der Waals surface area (Å²) in [4.78, 5) is 0. The van der Waals surface area contributed by atoms with E-state index in [-0.39, 0.29) is 11.5 Å². The fraction of sp³-hybridized carbons (Fsp3) is 0.500. The normalized spacial score (nSPS) is 22.4. The van der Waals surface area contributed by atoms with Gasteiger partial charge >= 0.3 is 0 Å². The molecule has 1 saturated heterocycles. The van der Waals surface area contributed by atoms with Crippen LogP contribution in [0.5, 0.6) is 0 Å². The van der Waals surface area contributed by atoms with Gasteiger partial charge in [0.15, 0.2) is 0 Å². The molecule has 1 heterocycles. The van der Waals surface area contributed by atoms with Gasteiger partial charge in [-0.15, -0.1) is 11.6 Å². The van der Waals surface area contributed by atoms with Gasteiger partial charge in [-0.3, -0.25) is 0 Å². The molecule has 16 heavy (non-hydrogen) atoms.